The van der Waals surface area contributed by atoms with Crippen molar-refractivity contribution >= 4 is 5.69 Å². The quantitative estimate of drug-likeness (QED) is 0.641. The molecule has 0 aliphatic carbocycles. The maximum Gasteiger partial charge on any atom is 0.0450 e. The minimum atomic E-state index is 1.18. The molecule has 0 radical (unpaired) electrons. The summed E-state index contributed by atoms with van der Waals surface area (Å²) in [5.41, 5.74) is 1.18. The second-order valence-corrected chi connectivity index (χ2v) is 3.00. The van der Waals surface area contributed by atoms with Gasteiger partial charge < -0.3 is 9.80 Å². The van der Waals surface area contributed by atoms with Gasteiger partial charge in [-0.2, -0.15) is 0 Å². The molecule has 0 bridgehead atoms. The summed E-state index contributed by atoms with van der Waals surface area (Å²) in [6.07, 6.45) is 8.12. The molecule has 0 amide bonds. The van der Waals surface area contributed by atoms with Crippen LogP contribution >= 0.6 is 0 Å². The first-order chi connectivity index (χ1) is 6.36. The van der Waals surface area contributed by atoms with Crippen molar-refractivity contribution in [2.24, 2.45) is 0 Å². The zero-order valence-electron chi connectivity index (χ0n) is 7.59. The highest BCUT2D eigenvalue weighted by molar-refractivity contribution is 5.52. The first kappa shape index (κ1) is 7.92. The fourth-order valence-corrected chi connectivity index (χ4v) is 1.23. The van der Waals surface area contributed by atoms with Gasteiger partial charge >= 0.3 is 0 Å². The summed E-state index contributed by atoms with van der Waals surface area (Å²) < 4.78 is 0. The van der Waals surface area contributed by atoms with Crippen LogP contribution in [0.2, 0.25) is 0 Å². The Morgan fingerprint density at radius 2 is 1.46 bits per heavy atom. The van der Waals surface area contributed by atoms with Crippen LogP contribution in [0, 0.1) is 0 Å². The molecule has 1 aliphatic heterocycles. The van der Waals surface area contributed by atoms with E-state index in [4.69, 9.17) is 0 Å². The van der Waals surface area contributed by atoms with Gasteiger partial charge in [0.2, 0.25) is 0 Å². The molecule has 1 aliphatic rings. The molecule has 0 atom stereocenters. The summed E-state index contributed by atoms with van der Waals surface area (Å²) in [4.78, 5) is 4.10. The lowest BCUT2D eigenvalue weighted by atomic mass is 10.3. The van der Waals surface area contributed by atoms with Gasteiger partial charge in [0.05, 0.1) is 0 Å². The lowest BCUT2D eigenvalue weighted by Gasteiger charge is -2.21. The largest absolute Gasteiger partial charge is 0.354 e. The van der Waals surface area contributed by atoms with E-state index in [0.717, 1.165) is 0 Å². The maximum atomic E-state index is 2.08. The Labute approximate surface area is 78.4 Å². The van der Waals surface area contributed by atoms with Gasteiger partial charge in [0, 0.05) is 37.5 Å². The topological polar surface area (TPSA) is 6.48 Å². The van der Waals surface area contributed by atoms with E-state index in [1.807, 2.05) is 54.9 Å². The molecule has 0 spiro atoms. The molecule has 66 valence electrons. The molecule has 1 aromatic rings. The standard InChI is InChI=1S/C11H12N2/c1-12-7-9-13(10-8-12)11-5-3-2-4-6-11/h2-10H,1H3. The molecule has 0 N–H and O–H groups in total. The van der Waals surface area contributed by atoms with Crippen molar-refractivity contribution in [1.29, 1.82) is 0 Å². The van der Waals surface area contributed by atoms with Gasteiger partial charge in [0.25, 0.3) is 0 Å². The van der Waals surface area contributed by atoms with E-state index in [9.17, 15) is 0 Å². The summed E-state index contributed by atoms with van der Waals surface area (Å²) in [6.45, 7) is 0. The Morgan fingerprint density at radius 3 is 2.08 bits per heavy atom. The summed E-state index contributed by atoms with van der Waals surface area (Å²) >= 11 is 0. The monoisotopic (exact) mass is 172 g/mol. The molecule has 0 saturated heterocycles. The maximum absolute atomic E-state index is 2.08. The molecule has 2 heteroatoms. The highest BCUT2D eigenvalue weighted by Gasteiger charge is 2.01. The molecule has 13 heavy (non-hydrogen) atoms. The van der Waals surface area contributed by atoms with Crippen LogP contribution in [-0.2, 0) is 0 Å². The summed E-state index contributed by atoms with van der Waals surface area (Å²) in [7, 11) is 2.01. The number of hydrogen-bond donors (Lipinski definition) is 0. The fourth-order valence-electron chi connectivity index (χ4n) is 1.23. The van der Waals surface area contributed by atoms with Crippen LogP contribution in [0.3, 0.4) is 0 Å². The van der Waals surface area contributed by atoms with Crippen LogP contribution in [0.1, 0.15) is 0 Å². The van der Waals surface area contributed by atoms with E-state index < -0.39 is 0 Å². The van der Waals surface area contributed by atoms with Gasteiger partial charge in [-0.15, -0.1) is 0 Å². The zero-order chi connectivity index (χ0) is 9.10. The van der Waals surface area contributed by atoms with E-state index in [1.165, 1.54) is 5.69 Å². The average Bonchev–Trinajstić information content (AvgIpc) is 2.20. The van der Waals surface area contributed by atoms with Gasteiger partial charge in [-0.3, -0.25) is 0 Å². The van der Waals surface area contributed by atoms with E-state index >= 15 is 0 Å². The van der Waals surface area contributed by atoms with Crippen molar-refractivity contribution in [2.45, 2.75) is 0 Å². The number of nitrogens with zero attached hydrogens (tertiary/aromatic N) is 2. The van der Waals surface area contributed by atoms with E-state index in [0.29, 0.717) is 0 Å². The number of para-hydroxylation sites is 1. The first-order valence-corrected chi connectivity index (χ1v) is 4.28. The molecule has 1 aromatic carbocycles. The van der Waals surface area contributed by atoms with Gasteiger partial charge in [0.1, 0.15) is 0 Å². The molecule has 0 unspecified atom stereocenters. The van der Waals surface area contributed by atoms with E-state index in [2.05, 4.69) is 17.0 Å². The summed E-state index contributed by atoms with van der Waals surface area (Å²) in [5, 5.41) is 0. The van der Waals surface area contributed by atoms with Crippen LogP contribution < -0.4 is 4.90 Å². The molecule has 0 saturated carbocycles. The number of benzene rings is 1. The van der Waals surface area contributed by atoms with Crippen molar-refractivity contribution in [2.75, 3.05) is 11.9 Å². The highest BCUT2D eigenvalue weighted by atomic mass is 15.2. The van der Waals surface area contributed by atoms with Crippen molar-refractivity contribution in [3.8, 4) is 0 Å². The Balaban J connectivity index is 2.20. The third kappa shape index (κ3) is 1.72. The average molecular weight is 172 g/mol. The smallest absolute Gasteiger partial charge is 0.0450 e. The molecule has 2 rings (SSSR count). The Bertz CT molecular complexity index is 313. The predicted octanol–water partition coefficient (Wildman–Crippen LogP) is 2.38. The van der Waals surface area contributed by atoms with Crippen molar-refractivity contribution < 1.29 is 0 Å². The SMILES string of the molecule is CN1C=CN(c2ccccc2)C=C1. The molecule has 0 fully saturated rings. The Hall–Kier alpha value is -1.70. The summed E-state index contributed by atoms with van der Waals surface area (Å²) in [5.74, 6) is 0. The summed E-state index contributed by atoms with van der Waals surface area (Å²) in [6, 6.07) is 10.3. The predicted molar refractivity (Wildman–Crippen MR) is 55.0 cm³/mol. The minimum Gasteiger partial charge on any atom is -0.354 e. The van der Waals surface area contributed by atoms with E-state index in [-0.39, 0.29) is 0 Å². The molecular formula is C11H12N2. The number of rotatable bonds is 1. The third-order valence-corrected chi connectivity index (χ3v) is 1.98. The zero-order valence-corrected chi connectivity index (χ0v) is 7.59. The normalized spacial score (nSPS) is 15.2. The molecule has 1 heterocycles. The third-order valence-electron chi connectivity index (χ3n) is 1.98. The molecule has 2 nitrogen and oxygen atoms in total. The van der Waals surface area contributed by atoms with Crippen LogP contribution in [-0.4, -0.2) is 11.9 Å². The van der Waals surface area contributed by atoms with E-state index in [1.54, 1.807) is 0 Å². The molecule has 0 aromatic heterocycles. The van der Waals surface area contributed by atoms with Crippen LogP contribution in [0.15, 0.2) is 55.1 Å². The Kier molecular flexibility index (Phi) is 2.04. The highest BCUT2D eigenvalue weighted by Crippen LogP contribution is 2.16. The number of anilines is 1. The Morgan fingerprint density at radius 1 is 0.846 bits per heavy atom. The van der Waals surface area contributed by atoms with Crippen molar-refractivity contribution in [1.82, 2.24) is 4.90 Å². The van der Waals surface area contributed by atoms with Crippen LogP contribution in [0.4, 0.5) is 5.69 Å². The minimum absolute atomic E-state index is 1.18. The van der Waals surface area contributed by atoms with Crippen LogP contribution in [0.25, 0.3) is 0 Å². The van der Waals surface area contributed by atoms with Gasteiger partial charge in [-0.1, -0.05) is 18.2 Å². The van der Waals surface area contributed by atoms with Crippen LogP contribution in [0.5, 0.6) is 0 Å². The lowest BCUT2D eigenvalue weighted by Crippen LogP contribution is -2.15. The van der Waals surface area contributed by atoms with Crippen molar-refractivity contribution in [3.05, 3.63) is 55.1 Å². The second kappa shape index (κ2) is 3.35. The number of hydrogen-bond acceptors (Lipinski definition) is 2. The fraction of sp³-hybridized carbons (Fsp3) is 0.0909. The van der Waals surface area contributed by atoms with Gasteiger partial charge in [0.15, 0.2) is 0 Å². The molecular weight excluding hydrogens is 160 g/mol. The first-order valence-electron chi connectivity index (χ1n) is 4.28. The lowest BCUT2D eigenvalue weighted by molar-refractivity contribution is 0.612. The van der Waals surface area contributed by atoms with Gasteiger partial charge in [-0.25, -0.2) is 0 Å². The second-order valence-electron chi connectivity index (χ2n) is 3.00. The van der Waals surface area contributed by atoms with Crippen molar-refractivity contribution in [3.63, 3.8) is 0 Å². The van der Waals surface area contributed by atoms with Gasteiger partial charge in [-0.05, 0) is 12.1 Å².